The van der Waals surface area contributed by atoms with Crippen molar-refractivity contribution in [3.05, 3.63) is 81.9 Å². The maximum Gasteiger partial charge on any atom is 0.172 e. The second kappa shape index (κ2) is 9.61. The molecule has 0 saturated carbocycles. The number of anilines is 1. The molecule has 0 amide bonds. The van der Waals surface area contributed by atoms with E-state index in [1.54, 1.807) is 6.20 Å². The van der Waals surface area contributed by atoms with Gasteiger partial charge in [-0.1, -0.05) is 60.1 Å². The third kappa shape index (κ3) is 4.68. The maximum absolute atomic E-state index is 6.46. The smallest absolute Gasteiger partial charge is 0.172 e. The molecule has 0 spiro atoms. The third-order valence-corrected chi connectivity index (χ3v) is 6.97. The van der Waals surface area contributed by atoms with Crippen LogP contribution < -0.4 is 5.32 Å². The minimum atomic E-state index is 0.399. The van der Waals surface area contributed by atoms with Gasteiger partial charge in [-0.05, 0) is 46.8 Å². The fraction of sp³-hybridized carbons (Fsp3) is 0.280. The molecule has 0 radical (unpaired) electrons. The predicted molar refractivity (Wildman–Crippen MR) is 134 cm³/mol. The number of hydrogen-bond donors (Lipinski definition) is 1. The van der Waals surface area contributed by atoms with Crippen molar-refractivity contribution in [2.45, 2.75) is 25.3 Å². The molecule has 1 aliphatic rings. The molecule has 5 nitrogen and oxygen atoms in total. The average Bonchev–Trinajstić information content (AvgIpc) is 3.20. The number of nitrogens with zero attached hydrogens (tertiary/aromatic N) is 4. The Kier molecular flexibility index (Phi) is 6.44. The van der Waals surface area contributed by atoms with Crippen LogP contribution in [-0.4, -0.2) is 45.2 Å². The van der Waals surface area contributed by atoms with Crippen molar-refractivity contribution in [3.63, 3.8) is 0 Å². The Labute approximate surface area is 201 Å². The highest BCUT2D eigenvalue weighted by Gasteiger charge is 2.21. The number of halogens is 2. The van der Waals surface area contributed by atoms with Gasteiger partial charge >= 0.3 is 0 Å². The van der Waals surface area contributed by atoms with Gasteiger partial charge in [0.1, 0.15) is 5.82 Å². The van der Waals surface area contributed by atoms with Crippen molar-refractivity contribution in [1.82, 2.24) is 19.5 Å². The molecule has 1 saturated heterocycles. The molecule has 32 heavy (non-hydrogen) atoms. The number of hydrogen-bond acceptors (Lipinski definition) is 4. The van der Waals surface area contributed by atoms with Gasteiger partial charge in [-0.15, -0.1) is 0 Å². The van der Waals surface area contributed by atoms with Crippen LogP contribution in [-0.2, 0) is 6.42 Å². The van der Waals surface area contributed by atoms with Gasteiger partial charge in [0.25, 0.3) is 0 Å². The van der Waals surface area contributed by atoms with Crippen LogP contribution in [0.5, 0.6) is 0 Å². The molecule has 164 valence electrons. The highest BCUT2D eigenvalue weighted by Crippen LogP contribution is 2.31. The zero-order valence-electron chi connectivity index (χ0n) is 17.7. The van der Waals surface area contributed by atoms with E-state index in [9.17, 15) is 0 Å². The quantitative estimate of drug-likeness (QED) is 0.349. The lowest BCUT2D eigenvalue weighted by molar-refractivity contribution is 0.221. The predicted octanol–water partition coefficient (Wildman–Crippen LogP) is 5.93. The maximum atomic E-state index is 6.46. The van der Waals surface area contributed by atoms with Crippen molar-refractivity contribution in [2.75, 3.05) is 25.0 Å². The van der Waals surface area contributed by atoms with E-state index in [4.69, 9.17) is 16.6 Å². The molecule has 1 aliphatic heterocycles. The highest BCUT2D eigenvalue weighted by molar-refractivity contribution is 9.10. The monoisotopic (exact) mass is 509 g/mol. The molecule has 4 aromatic rings. The molecule has 0 bridgehead atoms. The summed E-state index contributed by atoms with van der Waals surface area (Å²) in [6, 6.07) is 21.0. The standard InChI is InChI=1S/C25H25BrClN5/c26-21-17-28-32-24(16-23(30-25(21)32)20-8-4-5-9-22(20)27)29-19-11-14-31(15-12-19)13-10-18-6-2-1-3-7-18/h1-9,16-17,19,29H,10-15H2. The second-order valence-electron chi connectivity index (χ2n) is 8.23. The van der Waals surface area contributed by atoms with E-state index in [-0.39, 0.29) is 0 Å². The van der Waals surface area contributed by atoms with E-state index in [0.717, 1.165) is 66.1 Å². The van der Waals surface area contributed by atoms with E-state index in [2.05, 4.69) is 67.6 Å². The van der Waals surface area contributed by atoms with Crippen molar-refractivity contribution in [3.8, 4) is 11.3 Å². The Bertz CT molecular complexity index is 1200. The van der Waals surface area contributed by atoms with Crippen LogP contribution in [0.1, 0.15) is 18.4 Å². The SMILES string of the molecule is Clc1ccccc1-c1cc(NC2CCN(CCc3ccccc3)CC2)n2ncc(Br)c2n1. The van der Waals surface area contributed by atoms with Crippen LogP contribution in [0.3, 0.4) is 0 Å². The normalized spacial score (nSPS) is 15.3. The number of rotatable bonds is 6. The molecule has 7 heteroatoms. The van der Waals surface area contributed by atoms with Crippen molar-refractivity contribution in [1.29, 1.82) is 0 Å². The van der Waals surface area contributed by atoms with Gasteiger partial charge in [0, 0.05) is 42.3 Å². The summed E-state index contributed by atoms with van der Waals surface area (Å²) in [4.78, 5) is 7.37. The van der Waals surface area contributed by atoms with Crippen LogP contribution in [0.25, 0.3) is 16.9 Å². The Hall–Kier alpha value is -2.41. The van der Waals surface area contributed by atoms with E-state index >= 15 is 0 Å². The van der Waals surface area contributed by atoms with Crippen LogP contribution in [0.2, 0.25) is 5.02 Å². The lowest BCUT2D eigenvalue weighted by Gasteiger charge is -2.33. The summed E-state index contributed by atoms with van der Waals surface area (Å²) in [5, 5.41) is 8.94. The first-order valence-corrected chi connectivity index (χ1v) is 12.2. The Morgan fingerprint density at radius 1 is 1.03 bits per heavy atom. The molecule has 0 atom stereocenters. The van der Waals surface area contributed by atoms with E-state index < -0.39 is 0 Å². The van der Waals surface area contributed by atoms with Crippen LogP contribution >= 0.6 is 27.5 Å². The van der Waals surface area contributed by atoms with Gasteiger partial charge in [0.15, 0.2) is 5.65 Å². The minimum Gasteiger partial charge on any atom is -0.367 e. The Balaban J connectivity index is 1.30. The van der Waals surface area contributed by atoms with Crippen LogP contribution in [0, 0.1) is 0 Å². The number of likely N-dealkylation sites (tertiary alicyclic amines) is 1. The Morgan fingerprint density at radius 2 is 1.78 bits per heavy atom. The van der Waals surface area contributed by atoms with Gasteiger partial charge in [0.2, 0.25) is 0 Å². The van der Waals surface area contributed by atoms with Crippen LogP contribution in [0.4, 0.5) is 5.82 Å². The van der Waals surface area contributed by atoms with Gasteiger partial charge < -0.3 is 10.2 Å². The van der Waals surface area contributed by atoms with Crippen molar-refractivity contribution >= 4 is 39.0 Å². The van der Waals surface area contributed by atoms with Crippen molar-refractivity contribution in [2.24, 2.45) is 0 Å². The molecular weight excluding hydrogens is 486 g/mol. The summed E-state index contributed by atoms with van der Waals surface area (Å²) in [6.07, 6.45) is 5.09. The number of benzene rings is 2. The highest BCUT2D eigenvalue weighted by atomic mass is 79.9. The third-order valence-electron chi connectivity index (χ3n) is 6.08. The minimum absolute atomic E-state index is 0.399. The topological polar surface area (TPSA) is 45.5 Å². The first-order valence-electron chi connectivity index (χ1n) is 11.0. The lowest BCUT2D eigenvalue weighted by atomic mass is 10.0. The van der Waals surface area contributed by atoms with Gasteiger partial charge in [-0.25, -0.2) is 4.98 Å². The number of aromatic nitrogens is 3. The van der Waals surface area contributed by atoms with Crippen LogP contribution in [0.15, 0.2) is 71.3 Å². The summed E-state index contributed by atoms with van der Waals surface area (Å²) in [5.41, 5.74) is 3.95. The molecule has 1 fully saturated rings. The largest absolute Gasteiger partial charge is 0.367 e. The summed E-state index contributed by atoms with van der Waals surface area (Å²) in [7, 11) is 0. The molecule has 1 N–H and O–H groups in total. The van der Waals surface area contributed by atoms with E-state index in [0.29, 0.717) is 11.1 Å². The fourth-order valence-electron chi connectivity index (χ4n) is 4.29. The van der Waals surface area contributed by atoms with E-state index in [1.807, 2.05) is 28.8 Å². The number of fused-ring (bicyclic) bond motifs is 1. The molecule has 2 aromatic heterocycles. The zero-order chi connectivity index (χ0) is 21.9. The van der Waals surface area contributed by atoms with Gasteiger partial charge in [0.05, 0.1) is 16.4 Å². The summed E-state index contributed by atoms with van der Waals surface area (Å²) in [5.74, 6) is 0.943. The van der Waals surface area contributed by atoms with Gasteiger partial charge in [-0.3, -0.25) is 0 Å². The molecule has 0 unspecified atom stereocenters. The molecule has 2 aromatic carbocycles. The summed E-state index contributed by atoms with van der Waals surface area (Å²) >= 11 is 10.0. The summed E-state index contributed by atoms with van der Waals surface area (Å²) in [6.45, 7) is 3.30. The first-order chi connectivity index (χ1) is 15.7. The second-order valence-corrected chi connectivity index (χ2v) is 9.49. The zero-order valence-corrected chi connectivity index (χ0v) is 20.1. The molecule has 5 rings (SSSR count). The molecule has 0 aliphatic carbocycles. The molecular formula is C25H25BrClN5. The molecule has 3 heterocycles. The van der Waals surface area contributed by atoms with E-state index in [1.165, 1.54) is 5.56 Å². The number of piperidine rings is 1. The Morgan fingerprint density at radius 3 is 2.56 bits per heavy atom. The number of nitrogens with one attached hydrogen (secondary N) is 1. The first kappa shape index (κ1) is 21.4. The van der Waals surface area contributed by atoms with Gasteiger partial charge in [-0.2, -0.15) is 9.61 Å². The summed E-state index contributed by atoms with van der Waals surface area (Å²) < 4.78 is 2.73. The average molecular weight is 511 g/mol. The lowest BCUT2D eigenvalue weighted by Crippen LogP contribution is -2.40. The van der Waals surface area contributed by atoms with Crippen molar-refractivity contribution < 1.29 is 0 Å². The fourth-order valence-corrected chi connectivity index (χ4v) is 4.87.